The molecule has 0 fully saturated rings. The average molecular weight is 236 g/mol. The lowest BCUT2D eigenvalue weighted by molar-refractivity contribution is 0.0957. The van der Waals surface area contributed by atoms with Crippen molar-refractivity contribution in [1.82, 2.24) is 15.2 Å². The third-order valence-corrected chi connectivity index (χ3v) is 3.17. The molecule has 0 aliphatic heterocycles. The molecule has 3 N–H and O–H groups in total. The Labute approximate surface area is 96.9 Å². The van der Waals surface area contributed by atoms with E-state index in [-0.39, 0.29) is 5.91 Å². The number of thiophene rings is 1. The first-order valence-electron chi connectivity index (χ1n) is 4.78. The molecule has 2 heterocycles. The molecule has 0 saturated heterocycles. The second-order valence-corrected chi connectivity index (χ2v) is 4.62. The summed E-state index contributed by atoms with van der Waals surface area (Å²) in [7, 11) is 0. The van der Waals surface area contributed by atoms with Crippen LogP contribution in [0.2, 0.25) is 0 Å². The number of hydrogen-bond acceptors (Lipinski definition) is 4. The molecule has 0 aliphatic rings. The van der Waals surface area contributed by atoms with Gasteiger partial charge in [0.15, 0.2) is 0 Å². The van der Waals surface area contributed by atoms with E-state index in [9.17, 15) is 4.79 Å². The van der Waals surface area contributed by atoms with Gasteiger partial charge in [0.1, 0.15) is 0 Å². The van der Waals surface area contributed by atoms with Crippen LogP contribution in [0.3, 0.4) is 0 Å². The van der Waals surface area contributed by atoms with E-state index in [1.165, 1.54) is 11.3 Å². The number of carbonyl (C=O) groups excluding carboxylic acids is 1. The fraction of sp³-hybridized carbons (Fsp3) is 0.200. The largest absolute Gasteiger partial charge is 0.289 e. The first kappa shape index (κ1) is 10.8. The van der Waals surface area contributed by atoms with Gasteiger partial charge >= 0.3 is 0 Å². The molecule has 16 heavy (non-hydrogen) atoms. The quantitative estimate of drug-likeness (QED) is 0.472. The summed E-state index contributed by atoms with van der Waals surface area (Å²) < 4.78 is 1.84. The maximum Gasteiger partial charge on any atom is 0.275 e. The second kappa shape index (κ2) is 4.46. The van der Waals surface area contributed by atoms with Gasteiger partial charge in [0.25, 0.3) is 5.91 Å². The van der Waals surface area contributed by atoms with Crippen LogP contribution in [0.1, 0.15) is 20.1 Å². The van der Waals surface area contributed by atoms with Gasteiger partial charge in [-0.2, -0.15) is 5.10 Å². The lowest BCUT2D eigenvalue weighted by atomic mass is 10.4. The molecule has 0 spiro atoms. The van der Waals surface area contributed by atoms with Crippen molar-refractivity contribution >= 4 is 17.2 Å². The number of amides is 1. The highest BCUT2D eigenvalue weighted by Gasteiger charge is 2.07. The van der Waals surface area contributed by atoms with E-state index < -0.39 is 0 Å². The highest BCUT2D eigenvalue weighted by Crippen LogP contribution is 2.17. The summed E-state index contributed by atoms with van der Waals surface area (Å²) in [5.74, 6) is 4.80. The number of aryl methyl sites for hydroxylation is 1. The third-order valence-electron chi connectivity index (χ3n) is 2.10. The van der Waals surface area contributed by atoms with Crippen molar-refractivity contribution < 1.29 is 4.79 Å². The molecule has 2 rings (SSSR count). The first-order chi connectivity index (χ1) is 7.69. The zero-order valence-electron chi connectivity index (χ0n) is 8.80. The van der Waals surface area contributed by atoms with Crippen LogP contribution < -0.4 is 11.3 Å². The van der Waals surface area contributed by atoms with Gasteiger partial charge in [0.05, 0.1) is 17.6 Å². The normalized spacial score (nSPS) is 10.4. The lowest BCUT2D eigenvalue weighted by Crippen LogP contribution is -2.29. The molecule has 6 heteroatoms. The lowest BCUT2D eigenvalue weighted by Gasteiger charge is -1.97. The van der Waals surface area contributed by atoms with Crippen LogP contribution in [0.15, 0.2) is 24.5 Å². The van der Waals surface area contributed by atoms with Crippen molar-refractivity contribution in [3.05, 3.63) is 39.8 Å². The van der Waals surface area contributed by atoms with Gasteiger partial charge in [-0.15, -0.1) is 11.3 Å². The van der Waals surface area contributed by atoms with E-state index >= 15 is 0 Å². The Morgan fingerprint density at radius 2 is 2.44 bits per heavy atom. The fourth-order valence-corrected chi connectivity index (χ4v) is 2.27. The van der Waals surface area contributed by atoms with Crippen LogP contribution in [0.25, 0.3) is 0 Å². The highest BCUT2D eigenvalue weighted by atomic mass is 32.1. The van der Waals surface area contributed by atoms with Crippen molar-refractivity contribution in [2.45, 2.75) is 13.5 Å². The van der Waals surface area contributed by atoms with E-state index in [4.69, 9.17) is 5.84 Å². The smallest absolute Gasteiger partial charge is 0.275 e. The number of nitrogens with one attached hydrogen (secondary N) is 1. The van der Waals surface area contributed by atoms with Crippen molar-refractivity contribution in [1.29, 1.82) is 0 Å². The molecule has 1 amide bonds. The van der Waals surface area contributed by atoms with Gasteiger partial charge in [0.2, 0.25) is 0 Å². The minimum atomic E-state index is -0.257. The summed E-state index contributed by atoms with van der Waals surface area (Å²) >= 11 is 1.42. The average Bonchev–Trinajstić information content (AvgIpc) is 2.87. The zero-order chi connectivity index (χ0) is 11.5. The van der Waals surface area contributed by atoms with Crippen molar-refractivity contribution in [3.63, 3.8) is 0 Å². The molecular weight excluding hydrogens is 224 g/mol. The van der Waals surface area contributed by atoms with Gasteiger partial charge in [-0.05, 0) is 24.6 Å². The third kappa shape index (κ3) is 2.29. The number of nitrogens with zero attached hydrogens (tertiary/aromatic N) is 2. The van der Waals surface area contributed by atoms with Crippen molar-refractivity contribution in [2.75, 3.05) is 0 Å². The summed E-state index contributed by atoms with van der Waals surface area (Å²) in [6.45, 7) is 2.67. The molecule has 0 saturated carbocycles. The second-order valence-electron chi connectivity index (χ2n) is 3.45. The number of hydrogen-bond donors (Lipinski definition) is 2. The maximum absolute atomic E-state index is 11.2. The van der Waals surface area contributed by atoms with Gasteiger partial charge < -0.3 is 0 Å². The maximum atomic E-state index is 11.2. The molecule has 5 nitrogen and oxygen atoms in total. The van der Waals surface area contributed by atoms with Gasteiger partial charge in [-0.3, -0.25) is 14.9 Å². The monoisotopic (exact) mass is 236 g/mol. The zero-order valence-corrected chi connectivity index (χ0v) is 9.62. The molecule has 0 atom stereocenters. The number of nitrogen functional groups attached to an aromatic ring is 1. The highest BCUT2D eigenvalue weighted by molar-refractivity contribution is 7.14. The Balaban J connectivity index is 2.11. The standard InChI is InChI=1S/C10H12N4OS/c1-7-4-12-14(5-7)6-8-2-3-9(16-8)10(15)13-11/h2-5H,6,11H2,1H3,(H,13,15). The summed E-state index contributed by atoms with van der Waals surface area (Å²) in [5, 5.41) is 4.18. The Morgan fingerprint density at radius 1 is 1.62 bits per heavy atom. The SMILES string of the molecule is Cc1cnn(Cc2ccc(C(=O)NN)s2)c1. The molecule has 0 unspecified atom stereocenters. The van der Waals surface area contributed by atoms with Gasteiger partial charge in [0, 0.05) is 11.1 Å². The minimum absolute atomic E-state index is 0.257. The van der Waals surface area contributed by atoms with Gasteiger partial charge in [-0.25, -0.2) is 5.84 Å². The van der Waals surface area contributed by atoms with Crippen LogP contribution >= 0.6 is 11.3 Å². The predicted octanol–water partition coefficient (Wildman–Crippen LogP) is 0.905. The number of rotatable bonds is 3. The minimum Gasteiger partial charge on any atom is -0.289 e. The van der Waals surface area contributed by atoms with Crippen LogP contribution in [0.5, 0.6) is 0 Å². The summed E-state index contributed by atoms with van der Waals surface area (Å²) in [6.07, 6.45) is 3.77. The predicted molar refractivity (Wildman–Crippen MR) is 62.0 cm³/mol. The van der Waals surface area contributed by atoms with E-state index in [0.29, 0.717) is 11.4 Å². The molecule has 2 aromatic heterocycles. The summed E-state index contributed by atoms with van der Waals surface area (Å²) in [6, 6.07) is 3.67. The number of hydrazine groups is 1. The van der Waals surface area contributed by atoms with Crippen molar-refractivity contribution in [3.8, 4) is 0 Å². The summed E-state index contributed by atoms with van der Waals surface area (Å²) in [4.78, 5) is 12.9. The molecule has 2 aromatic rings. The number of nitrogens with two attached hydrogens (primary N) is 1. The van der Waals surface area contributed by atoms with Crippen LogP contribution in [0.4, 0.5) is 0 Å². The first-order valence-corrected chi connectivity index (χ1v) is 5.59. The van der Waals surface area contributed by atoms with E-state index in [1.54, 1.807) is 12.3 Å². The molecule has 0 aliphatic carbocycles. The Hall–Kier alpha value is -1.66. The Kier molecular flexibility index (Phi) is 3.02. The molecule has 0 aromatic carbocycles. The van der Waals surface area contributed by atoms with Crippen LogP contribution in [0, 0.1) is 6.92 Å². The topological polar surface area (TPSA) is 72.9 Å². The van der Waals surface area contributed by atoms with Crippen molar-refractivity contribution in [2.24, 2.45) is 5.84 Å². The molecule has 84 valence electrons. The van der Waals surface area contributed by atoms with E-state index in [1.807, 2.05) is 23.9 Å². The van der Waals surface area contributed by atoms with Crippen LogP contribution in [-0.2, 0) is 6.54 Å². The molecule has 0 bridgehead atoms. The molecular formula is C10H12N4OS. The van der Waals surface area contributed by atoms with E-state index in [0.717, 1.165) is 10.4 Å². The fourth-order valence-electron chi connectivity index (χ4n) is 1.37. The number of aromatic nitrogens is 2. The number of carbonyl (C=O) groups is 1. The van der Waals surface area contributed by atoms with E-state index in [2.05, 4.69) is 10.5 Å². The Morgan fingerprint density at radius 3 is 3.06 bits per heavy atom. The van der Waals surface area contributed by atoms with Crippen LogP contribution in [-0.4, -0.2) is 15.7 Å². The van der Waals surface area contributed by atoms with Gasteiger partial charge in [-0.1, -0.05) is 0 Å². The Bertz CT molecular complexity index is 502. The summed E-state index contributed by atoms with van der Waals surface area (Å²) in [5.41, 5.74) is 3.23. The molecule has 0 radical (unpaired) electrons.